The Bertz CT molecular complexity index is 1330. The Balaban J connectivity index is 1.23. The minimum Gasteiger partial charge on any atom is -0.457 e. The van der Waals surface area contributed by atoms with Gasteiger partial charge < -0.3 is 25.6 Å². The molecule has 0 radical (unpaired) electrons. The van der Waals surface area contributed by atoms with E-state index in [0.717, 1.165) is 59.3 Å². The predicted molar refractivity (Wildman–Crippen MR) is 145 cm³/mol. The highest BCUT2D eigenvalue weighted by Gasteiger charge is 2.51. The summed E-state index contributed by atoms with van der Waals surface area (Å²) in [6.07, 6.45) is 4.54. The molecule has 2 aromatic carbocycles. The van der Waals surface area contributed by atoms with Gasteiger partial charge in [0.25, 0.3) is 0 Å². The van der Waals surface area contributed by atoms with Crippen LogP contribution < -0.4 is 25.6 Å². The van der Waals surface area contributed by atoms with Gasteiger partial charge >= 0.3 is 6.03 Å². The number of likely N-dealkylation sites (tertiary alicyclic amines) is 1. The molecule has 4 heterocycles. The van der Waals surface area contributed by atoms with Crippen molar-refractivity contribution in [2.24, 2.45) is 11.8 Å². The molecule has 0 aliphatic carbocycles. The summed E-state index contributed by atoms with van der Waals surface area (Å²) in [4.78, 5) is 30.2. The minimum absolute atomic E-state index is 0.0309. The van der Waals surface area contributed by atoms with E-state index in [9.17, 15) is 14.9 Å². The maximum atomic E-state index is 13.5. The number of ether oxygens (including phenoxy) is 1. The molecule has 0 bridgehead atoms. The number of rotatable bonds is 5. The predicted octanol–water partition coefficient (Wildman–Crippen LogP) is 3.85. The van der Waals surface area contributed by atoms with Gasteiger partial charge in [0.05, 0.1) is 28.1 Å². The number of anilines is 1. The van der Waals surface area contributed by atoms with E-state index in [-0.39, 0.29) is 35.2 Å². The number of benzene rings is 2. The van der Waals surface area contributed by atoms with Gasteiger partial charge in [-0.15, -0.1) is 0 Å². The van der Waals surface area contributed by atoms with Crippen LogP contribution in [0, 0.1) is 30.2 Å². The van der Waals surface area contributed by atoms with Crippen molar-refractivity contribution in [2.75, 3.05) is 24.5 Å². The van der Waals surface area contributed by atoms with Gasteiger partial charge in [-0.3, -0.25) is 9.69 Å². The Labute approximate surface area is 226 Å². The SMILES string of the molecule is Cc1cc(Oc2ccccc2)ccc1N1C(=O)NC2=C(NC(=O)C3CCCN(C#N)C3)SC3NCCC1C23. The van der Waals surface area contributed by atoms with E-state index >= 15 is 0 Å². The number of hydrogen-bond acceptors (Lipinski definition) is 7. The smallest absolute Gasteiger partial charge is 0.326 e. The number of thioether (sulfide) groups is 1. The average Bonchev–Trinajstić information content (AvgIpc) is 3.28. The number of nitrogens with zero attached hydrogens (tertiary/aromatic N) is 3. The zero-order valence-electron chi connectivity index (χ0n) is 21.1. The topological polar surface area (TPSA) is 110 Å². The molecule has 9 nitrogen and oxygen atoms in total. The number of carbonyl (C=O) groups is 2. The van der Waals surface area contributed by atoms with Crippen molar-refractivity contribution in [3.8, 4) is 17.7 Å². The van der Waals surface area contributed by atoms with Crippen LogP contribution in [-0.2, 0) is 4.79 Å². The van der Waals surface area contributed by atoms with Crippen molar-refractivity contribution in [3.63, 3.8) is 0 Å². The monoisotopic (exact) mass is 530 g/mol. The first-order valence-electron chi connectivity index (χ1n) is 13.1. The zero-order chi connectivity index (χ0) is 26.2. The third-order valence-corrected chi connectivity index (χ3v) is 8.99. The highest BCUT2D eigenvalue weighted by Crippen LogP contribution is 2.47. The quantitative estimate of drug-likeness (QED) is 0.504. The second kappa shape index (κ2) is 10.2. The summed E-state index contributed by atoms with van der Waals surface area (Å²) in [7, 11) is 0. The van der Waals surface area contributed by atoms with Gasteiger partial charge in [0.1, 0.15) is 11.5 Å². The molecule has 4 atom stereocenters. The lowest BCUT2D eigenvalue weighted by Gasteiger charge is -2.46. The van der Waals surface area contributed by atoms with Gasteiger partial charge in [-0.2, -0.15) is 5.26 Å². The van der Waals surface area contributed by atoms with Gasteiger partial charge in [0, 0.05) is 24.7 Å². The molecule has 0 saturated carbocycles. The van der Waals surface area contributed by atoms with Crippen LogP contribution >= 0.6 is 11.8 Å². The lowest BCUT2D eigenvalue weighted by molar-refractivity contribution is -0.125. The molecule has 3 fully saturated rings. The summed E-state index contributed by atoms with van der Waals surface area (Å²) < 4.78 is 5.99. The van der Waals surface area contributed by atoms with E-state index in [0.29, 0.717) is 13.1 Å². The Hall–Kier alpha value is -3.68. The number of piperidine rings is 2. The molecule has 0 spiro atoms. The number of para-hydroxylation sites is 1. The van der Waals surface area contributed by atoms with Gasteiger partial charge in [0.15, 0.2) is 6.19 Å². The van der Waals surface area contributed by atoms with Crippen LogP contribution in [0.2, 0.25) is 0 Å². The van der Waals surface area contributed by atoms with Gasteiger partial charge in [0.2, 0.25) is 5.91 Å². The fourth-order valence-electron chi connectivity index (χ4n) is 5.91. The molecule has 4 unspecified atom stereocenters. The van der Waals surface area contributed by atoms with Crippen LogP contribution in [0.4, 0.5) is 10.5 Å². The third kappa shape index (κ3) is 4.57. The number of nitrogens with one attached hydrogen (secondary N) is 3. The highest BCUT2D eigenvalue weighted by molar-refractivity contribution is 8.03. The molecule has 6 rings (SSSR count). The molecular weight excluding hydrogens is 500 g/mol. The molecule has 196 valence electrons. The van der Waals surface area contributed by atoms with Crippen LogP contribution in [-0.4, -0.2) is 47.9 Å². The van der Waals surface area contributed by atoms with Crippen LogP contribution in [0.5, 0.6) is 11.5 Å². The minimum atomic E-state index is -0.237. The number of hydrogen-bond donors (Lipinski definition) is 3. The molecule has 38 heavy (non-hydrogen) atoms. The molecule has 4 aliphatic rings. The molecule has 0 aromatic heterocycles. The number of urea groups is 1. The fourth-order valence-corrected chi connectivity index (χ4v) is 7.30. The first-order chi connectivity index (χ1) is 18.5. The van der Waals surface area contributed by atoms with E-state index in [1.54, 1.807) is 16.7 Å². The van der Waals surface area contributed by atoms with E-state index < -0.39 is 0 Å². The number of nitriles is 1. The van der Waals surface area contributed by atoms with Crippen molar-refractivity contribution >= 4 is 29.4 Å². The summed E-state index contributed by atoms with van der Waals surface area (Å²) in [5.74, 6) is 1.19. The summed E-state index contributed by atoms with van der Waals surface area (Å²) in [6, 6.07) is 15.2. The van der Waals surface area contributed by atoms with Gasteiger partial charge in [-0.05, 0) is 68.6 Å². The van der Waals surface area contributed by atoms with Gasteiger partial charge in [-0.1, -0.05) is 30.0 Å². The summed E-state index contributed by atoms with van der Waals surface area (Å²) in [5.41, 5.74) is 2.60. The molecule has 10 heteroatoms. The second-order valence-corrected chi connectivity index (χ2v) is 11.3. The van der Waals surface area contributed by atoms with Crippen molar-refractivity contribution in [1.82, 2.24) is 20.9 Å². The third-order valence-electron chi connectivity index (χ3n) is 7.72. The lowest BCUT2D eigenvalue weighted by Crippen LogP contribution is -2.62. The molecule has 2 aromatic rings. The van der Waals surface area contributed by atoms with Crippen molar-refractivity contribution in [2.45, 2.75) is 37.6 Å². The first kappa shape index (κ1) is 24.6. The normalized spacial score (nSPS) is 26.4. The molecule has 3 amide bonds. The standard InChI is InChI=1S/C28H30N6O3S/c1-17-14-20(37-19-7-3-2-4-8-19)9-10-21(17)34-22-11-12-30-26-23(22)24(31-28(34)36)27(38-26)32-25(35)18-6-5-13-33(15-18)16-29/h2-4,7-10,14,18,22-23,26,30H,5-6,11-13,15H2,1H3,(H,31,36)(H,32,35). The van der Waals surface area contributed by atoms with E-state index in [1.807, 2.05) is 60.4 Å². The Morgan fingerprint density at radius 2 is 2.03 bits per heavy atom. The largest absolute Gasteiger partial charge is 0.457 e. The van der Waals surface area contributed by atoms with E-state index in [1.165, 1.54) is 0 Å². The molecule has 3 saturated heterocycles. The van der Waals surface area contributed by atoms with Crippen molar-refractivity contribution in [3.05, 3.63) is 64.8 Å². The zero-order valence-corrected chi connectivity index (χ0v) is 22.0. The Morgan fingerprint density at radius 1 is 1.18 bits per heavy atom. The average molecular weight is 531 g/mol. The van der Waals surface area contributed by atoms with Crippen LogP contribution in [0.1, 0.15) is 24.8 Å². The maximum Gasteiger partial charge on any atom is 0.326 e. The molecular formula is C28H30N6O3S. The summed E-state index contributed by atoms with van der Waals surface area (Å²) in [5, 5.41) is 19.8. The van der Waals surface area contributed by atoms with Crippen LogP contribution in [0.15, 0.2) is 59.3 Å². The Morgan fingerprint density at radius 3 is 2.82 bits per heavy atom. The lowest BCUT2D eigenvalue weighted by atomic mass is 9.86. The fraction of sp³-hybridized carbons (Fsp3) is 0.393. The Kier molecular flexibility index (Phi) is 6.64. The van der Waals surface area contributed by atoms with Gasteiger partial charge in [-0.25, -0.2) is 4.79 Å². The number of amides is 3. The van der Waals surface area contributed by atoms with E-state index in [4.69, 9.17) is 4.74 Å². The van der Waals surface area contributed by atoms with E-state index in [2.05, 4.69) is 22.1 Å². The molecule has 3 N–H and O–H groups in total. The molecule has 4 aliphatic heterocycles. The second-order valence-electron chi connectivity index (χ2n) is 10.2. The summed E-state index contributed by atoms with van der Waals surface area (Å²) in [6.45, 7) is 3.91. The van der Waals surface area contributed by atoms with Crippen LogP contribution in [0.3, 0.4) is 0 Å². The van der Waals surface area contributed by atoms with Crippen LogP contribution in [0.25, 0.3) is 0 Å². The highest BCUT2D eigenvalue weighted by atomic mass is 32.2. The summed E-state index contributed by atoms with van der Waals surface area (Å²) >= 11 is 1.57. The van der Waals surface area contributed by atoms with Crippen molar-refractivity contribution in [1.29, 1.82) is 5.26 Å². The number of aryl methyl sites for hydroxylation is 1. The van der Waals surface area contributed by atoms with Crippen molar-refractivity contribution < 1.29 is 14.3 Å². The number of carbonyl (C=O) groups excluding carboxylic acids is 2. The first-order valence-corrected chi connectivity index (χ1v) is 13.9. The maximum absolute atomic E-state index is 13.5.